The summed E-state index contributed by atoms with van der Waals surface area (Å²) in [4.78, 5) is 182. The van der Waals surface area contributed by atoms with Gasteiger partial charge in [-0.05, 0) is 175 Å². The fraction of sp³-hybridized carbons (Fsp3) is 0.436. The molecule has 3 radical (unpaired) electrons. The fourth-order valence-electron chi connectivity index (χ4n) is 12.8. The van der Waals surface area contributed by atoms with Crippen molar-refractivity contribution >= 4 is 107 Å². The molecule has 1 aliphatic rings. The molecule has 1 aliphatic heterocycles. The van der Waals surface area contributed by atoms with Crippen LogP contribution in [0, 0.1) is 15.7 Å². The van der Waals surface area contributed by atoms with Gasteiger partial charge in [0.15, 0.2) is 34.7 Å². The number of benzene rings is 8. The van der Waals surface area contributed by atoms with Gasteiger partial charge in [-0.3, -0.25) is 53.4 Å². The Labute approximate surface area is 865 Å². The smallest absolute Gasteiger partial charge is 0.870 e. The van der Waals surface area contributed by atoms with Crippen LogP contribution in [0.1, 0.15) is 256 Å². The standard InChI is InChI=1S/C23H27NO4.C21H21NO4.C18H25NO5.C13H17NO3.C11H19NO5.C8H9NO.C7H7Br.4C2H6.CH4.B.Li.H2O/c1-4-28-22(27)23(18(3)25,15-19-11-7-5-8-12-19)16-21(26)24-17(2)20-13-9-6-10-14-20;1-15(17-10-6-3-7-11-17)22-19(25)13-21(20(22)26,18(24)14-23)12-16-8-4-2-5-9-16;1-6-23-15(21)18(13(2)20,12-14-10-8-7-9-11-14)19-16(22)24-17(3,4)5;1-3-17-12(16)13(14,10(2)15)9-11-7-5-4-6-8-11;1-6-16-9(14)8(7(2)13)12-10(15)17-11(3,4)5;1-7(9-10)8-5-3-2-4-6-8;8-6-7-4-2-1-3-5-7;4*1-2;;;;/h5-14,17H,4,15-16H2,1-3H3,(H,24,26);2-11,15,23H,12-14H2,1H3;7-11H,6,12H2,1-5H3,(H,19,22);4-8H,3,9,14H2,1-2H3;8H,6H2,1-5H3,(H,12,15);2-7H,1H3;1-5H,6H2;4*1-2H3;1H4;;;1H2/q;;;;;;;;;;;;;+1;/p-1/t17-,23?;15-,21?;;;;7-;;;;;;;;;/m11...1........./s1. The van der Waals surface area contributed by atoms with E-state index in [9.17, 15) is 77.1 Å². The minimum absolute atomic E-state index is 0. The van der Waals surface area contributed by atoms with E-state index in [0.717, 1.165) is 44.3 Å². The number of esters is 4. The molecule has 0 saturated carbocycles. The number of likely N-dealkylation sites (tertiary alicyclic amines) is 1. The van der Waals surface area contributed by atoms with Gasteiger partial charge >= 0.3 is 54.9 Å². The molecule has 0 spiro atoms. The maximum Gasteiger partial charge on any atom is 1.00 e. The molecule has 5 amide bonds. The number of nitroso groups, excluding NO2 is 1. The van der Waals surface area contributed by atoms with E-state index in [1.165, 1.54) is 38.2 Å². The molecule has 9 rings (SSSR count). The number of carbonyl (C=O) groups excluding carboxylic acids is 14. The van der Waals surface area contributed by atoms with Crippen molar-refractivity contribution in [3.8, 4) is 0 Å². The number of Topliss-reactive ketones (excluding diaryl/α,β-unsaturated/α-hetero) is 5. The van der Waals surface area contributed by atoms with E-state index >= 15 is 0 Å². The number of hydrogen-bond acceptors (Lipinski definition) is 25. The Kier molecular flexibility index (Phi) is 74.8. The van der Waals surface area contributed by atoms with Crippen molar-refractivity contribution in [2.24, 2.45) is 21.7 Å². The van der Waals surface area contributed by atoms with E-state index in [4.69, 9.17) is 29.4 Å². The Morgan fingerprint density at radius 1 is 0.472 bits per heavy atom. The fourth-order valence-corrected chi connectivity index (χ4v) is 13.2. The van der Waals surface area contributed by atoms with Crippen LogP contribution in [0.2, 0.25) is 0 Å². The molecule has 32 heteroatoms. The van der Waals surface area contributed by atoms with Gasteiger partial charge in [0.1, 0.15) is 40.5 Å². The molecule has 8 atom stereocenters. The number of halogens is 1. The number of nitrogens with one attached hydrogen (secondary N) is 3. The number of hydrogen-bond donors (Lipinski definition) is 5. The van der Waals surface area contributed by atoms with Crippen LogP contribution < -0.4 is 40.5 Å². The second-order valence-corrected chi connectivity index (χ2v) is 32.8. The molecule has 1 saturated heterocycles. The molecular weight excluding hydrogens is 1870 g/mol. The van der Waals surface area contributed by atoms with Gasteiger partial charge in [-0.1, -0.05) is 327 Å². The van der Waals surface area contributed by atoms with Crippen LogP contribution >= 0.6 is 15.9 Å². The summed E-state index contributed by atoms with van der Waals surface area (Å²) in [6.07, 6.45) is -1.77. The first kappa shape index (κ1) is 140. The van der Waals surface area contributed by atoms with Crippen molar-refractivity contribution in [2.45, 2.75) is 271 Å². The minimum Gasteiger partial charge on any atom is -0.870 e. The molecule has 1 heterocycles. The molecule has 773 valence electrons. The first-order valence-corrected chi connectivity index (χ1v) is 47.6. The maximum atomic E-state index is 13.2. The number of nitrogens with zero attached hydrogens (tertiary/aromatic N) is 2. The van der Waals surface area contributed by atoms with Crippen LogP contribution in [0.25, 0.3) is 0 Å². The van der Waals surface area contributed by atoms with E-state index in [1.807, 2.05) is 269 Å². The third kappa shape index (κ3) is 49.9. The Morgan fingerprint density at radius 2 is 0.824 bits per heavy atom. The largest absolute Gasteiger partial charge is 1.00 e. The molecule has 0 aliphatic carbocycles. The quantitative estimate of drug-likeness (QED) is 0.00485. The van der Waals surface area contributed by atoms with Gasteiger partial charge in [-0.25, -0.2) is 24.0 Å². The zero-order valence-electron chi connectivity index (χ0n) is 87.3. The molecular formula is C110H154BBrLiN6O23. The van der Waals surface area contributed by atoms with Gasteiger partial charge in [0.2, 0.25) is 23.3 Å². The molecule has 5 unspecified atom stereocenters. The number of alkyl halides is 1. The van der Waals surface area contributed by atoms with Crippen molar-refractivity contribution < 1.29 is 125 Å². The molecule has 0 bridgehead atoms. The van der Waals surface area contributed by atoms with Crippen molar-refractivity contribution in [1.29, 1.82) is 0 Å². The third-order valence-electron chi connectivity index (χ3n) is 19.7. The van der Waals surface area contributed by atoms with Gasteiger partial charge in [-0.15, -0.1) is 0 Å². The van der Waals surface area contributed by atoms with Gasteiger partial charge in [0, 0.05) is 33.0 Å². The third-order valence-corrected chi connectivity index (χ3v) is 20.4. The van der Waals surface area contributed by atoms with Crippen molar-refractivity contribution in [2.75, 3.05) is 33.0 Å². The molecule has 7 N–H and O–H groups in total. The van der Waals surface area contributed by atoms with Crippen LogP contribution in [0.15, 0.2) is 248 Å². The summed E-state index contributed by atoms with van der Waals surface area (Å²) in [5.41, 5.74) is 5.15. The van der Waals surface area contributed by atoms with Gasteiger partial charge < -0.3 is 55.4 Å². The molecule has 8 aromatic rings. The van der Waals surface area contributed by atoms with Crippen LogP contribution in [0.5, 0.6) is 0 Å². The number of nitrogens with two attached hydrogens (primary N) is 1. The van der Waals surface area contributed by atoms with E-state index < -0.39 is 111 Å². The predicted octanol–water partition coefficient (Wildman–Crippen LogP) is 17.0. The number of imide groups is 1. The van der Waals surface area contributed by atoms with Crippen LogP contribution in [-0.2, 0) is 117 Å². The first-order valence-electron chi connectivity index (χ1n) is 46.5. The van der Waals surface area contributed by atoms with E-state index in [-0.39, 0.29) is 141 Å². The van der Waals surface area contributed by atoms with E-state index in [1.54, 1.807) is 107 Å². The number of amides is 5. The topological polar surface area (TPSA) is 439 Å². The Morgan fingerprint density at radius 3 is 1.18 bits per heavy atom. The van der Waals surface area contributed by atoms with E-state index in [0.29, 0.717) is 0 Å². The average Bonchev–Trinajstić information content (AvgIpc) is 1.60. The average molecular weight is 2030 g/mol. The second-order valence-electron chi connectivity index (χ2n) is 32.2. The summed E-state index contributed by atoms with van der Waals surface area (Å²) in [6.45, 7) is 43.1. The summed E-state index contributed by atoms with van der Waals surface area (Å²) in [5.74, 6) is -6.59. The normalized spacial score (nSPS) is 13.6. The molecule has 1 fully saturated rings. The number of carbonyl (C=O) groups is 14. The van der Waals surface area contributed by atoms with Crippen molar-refractivity contribution in [3.63, 3.8) is 0 Å². The van der Waals surface area contributed by atoms with Crippen molar-refractivity contribution in [1.82, 2.24) is 20.9 Å². The number of ketones is 5. The number of aliphatic hydroxyl groups is 1. The van der Waals surface area contributed by atoms with Crippen LogP contribution in [-0.4, -0.2) is 168 Å². The molecule has 29 nitrogen and oxygen atoms in total. The van der Waals surface area contributed by atoms with E-state index in [2.05, 4.69) is 53.9 Å². The number of aliphatic hydroxyl groups excluding tert-OH is 1. The summed E-state index contributed by atoms with van der Waals surface area (Å²) in [6, 6.07) is 72.7. The predicted molar refractivity (Wildman–Crippen MR) is 557 cm³/mol. The van der Waals surface area contributed by atoms with Crippen LogP contribution in [0.4, 0.5) is 9.59 Å². The number of rotatable bonds is 33. The summed E-state index contributed by atoms with van der Waals surface area (Å²) >= 11 is 3.36. The van der Waals surface area contributed by atoms with Crippen molar-refractivity contribution in [3.05, 3.63) is 292 Å². The molecule has 0 aromatic heterocycles. The second kappa shape index (κ2) is 75.6. The Hall–Kier alpha value is -12.2. The first-order chi connectivity index (χ1) is 65.4. The summed E-state index contributed by atoms with van der Waals surface area (Å²) in [5, 5.41) is 20.8. The minimum atomic E-state index is -1.82. The SMILES string of the molecule is BrCc1ccccc1.C.CC.CC.CC.CC.CCOC(=O)C(CC(=O)N[C@H](C)c1ccccc1)(Cc1ccccc1)C(C)=O.CCOC(=O)C(Cc1ccccc1)(NC(=O)OC(C)(C)C)C(C)=O.CCOC(=O)C(N)(Cc1ccccc1)C(C)=O.CCOC(=O)C(NC(=O)OC(C)(C)C)C(C)=O.C[C@@H](N=O)c1ccccc1.C[C@H](c1ccccc1)N1C(=O)CC(Cc2ccccc2)(C(=O)CO)C1=O.[B].[Li+].[OH-]. The van der Waals surface area contributed by atoms with Gasteiger partial charge in [0.25, 0.3) is 0 Å². The Balaban J connectivity index is -0.000000383. The van der Waals surface area contributed by atoms with Crippen LogP contribution in [0.3, 0.4) is 0 Å². The molecule has 8 aromatic carbocycles. The number of alkyl carbamates (subject to hydrolysis) is 2. The van der Waals surface area contributed by atoms with Gasteiger partial charge in [-0.2, -0.15) is 4.91 Å². The maximum absolute atomic E-state index is 13.2. The molecule has 142 heavy (non-hydrogen) atoms. The monoisotopic (exact) mass is 2020 g/mol. The Bertz CT molecular complexity index is 4960. The zero-order valence-corrected chi connectivity index (χ0v) is 88.9. The summed E-state index contributed by atoms with van der Waals surface area (Å²) in [7, 11) is 0. The zero-order chi connectivity index (χ0) is 105. The van der Waals surface area contributed by atoms with Gasteiger partial charge in [0.05, 0.1) is 44.9 Å². The summed E-state index contributed by atoms with van der Waals surface area (Å²) < 4.78 is 29.9. The number of ether oxygens (including phenoxy) is 6.